The van der Waals surface area contributed by atoms with Crippen molar-refractivity contribution in [1.29, 1.82) is 0 Å². The highest BCUT2D eigenvalue weighted by atomic mass is 15.4. The third kappa shape index (κ3) is 5.68. The zero-order chi connectivity index (χ0) is 23.0. The maximum atomic E-state index is 4.81. The van der Waals surface area contributed by atoms with Crippen molar-refractivity contribution < 1.29 is 0 Å². The molecule has 1 aliphatic rings. The highest BCUT2D eigenvalue weighted by Gasteiger charge is 2.26. The van der Waals surface area contributed by atoms with Crippen LogP contribution < -0.4 is 10.9 Å². The summed E-state index contributed by atoms with van der Waals surface area (Å²) in [5, 5.41) is 0. The van der Waals surface area contributed by atoms with E-state index in [0.29, 0.717) is 18.5 Å². The number of benzene rings is 3. The third-order valence-electron chi connectivity index (χ3n) is 6.42. The van der Waals surface area contributed by atoms with E-state index in [1.165, 1.54) is 41.5 Å². The first kappa shape index (κ1) is 22.3. The van der Waals surface area contributed by atoms with Crippen molar-refractivity contribution in [3.05, 3.63) is 125 Å². The molecule has 5 rings (SSSR count). The molecule has 1 heterocycles. The molecule has 5 nitrogen and oxygen atoms in total. The van der Waals surface area contributed by atoms with Gasteiger partial charge in [0.25, 0.3) is 0 Å². The van der Waals surface area contributed by atoms with Crippen molar-refractivity contribution in [2.24, 2.45) is 0 Å². The first-order chi connectivity index (χ1) is 16.8. The Hall–Kier alpha value is -3.54. The second kappa shape index (κ2) is 11.1. The van der Waals surface area contributed by atoms with E-state index in [2.05, 4.69) is 87.5 Å². The number of nitrogens with one attached hydrogen (secondary N) is 2. The summed E-state index contributed by atoms with van der Waals surface area (Å²) in [6.07, 6.45) is 5.39. The molecule has 0 aliphatic heterocycles. The lowest BCUT2D eigenvalue weighted by molar-refractivity contribution is 0.159. The second-order valence-electron chi connectivity index (χ2n) is 8.83. The van der Waals surface area contributed by atoms with Crippen LogP contribution >= 0.6 is 0 Å². The predicted molar refractivity (Wildman–Crippen MR) is 137 cm³/mol. The minimum absolute atomic E-state index is 0.382. The van der Waals surface area contributed by atoms with E-state index in [9.17, 15) is 0 Å². The molecule has 0 radical (unpaired) electrons. The Morgan fingerprint density at radius 2 is 1.53 bits per heavy atom. The van der Waals surface area contributed by atoms with Crippen LogP contribution in [0.1, 0.15) is 46.8 Å². The largest absolute Gasteiger partial charge is 0.289 e. The van der Waals surface area contributed by atoms with Crippen molar-refractivity contribution in [3.8, 4) is 0 Å². The summed E-state index contributed by atoms with van der Waals surface area (Å²) in [7, 11) is 0. The monoisotopic (exact) mass is 449 g/mol. The van der Waals surface area contributed by atoms with E-state index < -0.39 is 0 Å². The number of nitrogens with zero attached hydrogens (tertiary/aromatic N) is 3. The van der Waals surface area contributed by atoms with Gasteiger partial charge in [0.1, 0.15) is 0 Å². The molecule has 0 amide bonds. The normalized spacial score (nSPS) is 15.1. The molecule has 5 heteroatoms. The summed E-state index contributed by atoms with van der Waals surface area (Å²) < 4.78 is 0. The molecule has 1 atom stereocenters. The average molecular weight is 450 g/mol. The first-order valence-corrected chi connectivity index (χ1v) is 12.1. The zero-order valence-corrected chi connectivity index (χ0v) is 19.4. The smallest absolute Gasteiger partial charge is 0.237 e. The summed E-state index contributed by atoms with van der Waals surface area (Å²) in [6.45, 7) is 2.36. The molecule has 0 saturated heterocycles. The molecule has 0 spiro atoms. The zero-order valence-electron chi connectivity index (χ0n) is 19.4. The van der Waals surface area contributed by atoms with Gasteiger partial charge in [-0.05, 0) is 47.6 Å². The summed E-state index contributed by atoms with van der Waals surface area (Å²) in [4.78, 5) is 11.8. The second-order valence-corrected chi connectivity index (χ2v) is 8.83. The molecule has 2 N–H and O–H groups in total. The highest BCUT2D eigenvalue weighted by molar-refractivity contribution is 5.33. The van der Waals surface area contributed by atoms with Gasteiger partial charge in [0.05, 0.1) is 5.69 Å². The number of aromatic nitrogens is 2. The number of anilines is 1. The number of rotatable bonds is 9. The van der Waals surface area contributed by atoms with E-state index in [0.717, 1.165) is 18.8 Å². The van der Waals surface area contributed by atoms with E-state index in [-0.39, 0.29) is 0 Å². The van der Waals surface area contributed by atoms with Crippen LogP contribution in [0.25, 0.3) is 0 Å². The number of fused-ring (bicyclic) bond motifs is 1. The summed E-state index contributed by atoms with van der Waals surface area (Å²) in [5.41, 5.74) is 12.9. The minimum atomic E-state index is 0.382. The van der Waals surface area contributed by atoms with Gasteiger partial charge in [-0.1, -0.05) is 84.9 Å². The Morgan fingerprint density at radius 3 is 2.35 bits per heavy atom. The van der Waals surface area contributed by atoms with E-state index in [4.69, 9.17) is 4.98 Å². The van der Waals surface area contributed by atoms with Crippen molar-refractivity contribution >= 4 is 5.95 Å². The van der Waals surface area contributed by atoms with Crippen molar-refractivity contribution in [2.75, 3.05) is 5.43 Å². The average Bonchev–Trinajstić information content (AvgIpc) is 2.89. The topological polar surface area (TPSA) is 53.1 Å². The van der Waals surface area contributed by atoms with Crippen LogP contribution in [0.2, 0.25) is 0 Å². The van der Waals surface area contributed by atoms with Gasteiger partial charge in [-0.3, -0.25) is 10.3 Å². The molecule has 4 aromatic rings. The molecule has 0 saturated carbocycles. The van der Waals surface area contributed by atoms with Crippen molar-refractivity contribution in [2.45, 2.75) is 44.9 Å². The Labute approximate surface area is 201 Å². The quantitative estimate of drug-likeness (QED) is 0.322. The van der Waals surface area contributed by atoms with Crippen LogP contribution in [-0.2, 0) is 26.1 Å². The standard InChI is InChI=1S/C29H31N5/c1-3-10-23(11-4-1)20-31-33-29-30-19-18-26(32-29)22-34(21-24-12-5-2-6-13-24)28-17-9-15-25-14-7-8-16-27(25)28/h1-8,10-14,16,18-19,28,31H,9,15,17,20-22H2,(H,30,32,33). The van der Waals surface area contributed by atoms with Crippen LogP contribution in [0.3, 0.4) is 0 Å². The van der Waals surface area contributed by atoms with Crippen LogP contribution in [0.15, 0.2) is 97.2 Å². The van der Waals surface area contributed by atoms with Gasteiger partial charge in [-0.15, -0.1) is 0 Å². The maximum absolute atomic E-state index is 4.81. The molecule has 3 aromatic carbocycles. The molecule has 1 unspecified atom stereocenters. The maximum Gasteiger partial charge on any atom is 0.237 e. The summed E-state index contributed by atoms with van der Waals surface area (Å²) in [6, 6.07) is 32.3. The minimum Gasteiger partial charge on any atom is -0.289 e. The van der Waals surface area contributed by atoms with Crippen molar-refractivity contribution in [1.82, 2.24) is 20.3 Å². The Balaban J connectivity index is 1.33. The van der Waals surface area contributed by atoms with Crippen LogP contribution in [-0.4, -0.2) is 14.9 Å². The Bertz CT molecular complexity index is 1180. The van der Waals surface area contributed by atoms with Gasteiger partial charge < -0.3 is 0 Å². The van der Waals surface area contributed by atoms with Gasteiger partial charge in [-0.2, -0.15) is 0 Å². The van der Waals surface area contributed by atoms with Gasteiger partial charge in [0.15, 0.2) is 0 Å². The van der Waals surface area contributed by atoms with E-state index in [1.807, 2.05) is 30.5 Å². The first-order valence-electron chi connectivity index (χ1n) is 12.1. The SMILES string of the molecule is c1ccc(CNNc2nccc(CN(Cc3ccccc3)C3CCCc4ccccc43)n2)cc1. The molecule has 34 heavy (non-hydrogen) atoms. The molecular weight excluding hydrogens is 418 g/mol. The van der Waals surface area contributed by atoms with Gasteiger partial charge in [-0.25, -0.2) is 15.4 Å². The van der Waals surface area contributed by atoms with Gasteiger partial charge >= 0.3 is 0 Å². The fraction of sp³-hybridized carbons (Fsp3) is 0.241. The molecule has 172 valence electrons. The summed E-state index contributed by atoms with van der Waals surface area (Å²) in [5.74, 6) is 0.595. The number of aryl methyl sites for hydroxylation is 1. The molecule has 0 bridgehead atoms. The van der Waals surface area contributed by atoms with Gasteiger partial charge in [0, 0.05) is 31.9 Å². The van der Waals surface area contributed by atoms with Crippen LogP contribution in [0.5, 0.6) is 0 Å². The van der Waals surface area contributed by atoms with Crippen LogP contribution in [0.4, 0.5) is 5.95 Å². The number of hydrazine groups is 1. The van der Waals surface area contributed by atoms with E-state index in [1.54, 1.807) is 0 Å². The molecule has 1 aliphatic carbocycles. The van der Waals surface area contributed by atoms with Crippen molar-refractivity contribution in [3.63, 3.8) is 0 Å². The summed E-state index contributed by atoms with van der Waals surface area (Å²) >= 11 is 0. The van der Waals surface area contributed by atoms with E-state index >= 15 is 0 Å². The lowest BCUT2D eigenvalue weighted by Crippen LogP contribution is -2.31. The fourth-order valence-corrected chi connectivity index (χ4v) is 4.78. The van der Waals surface area contributed by atoms with Gasteiger partial charge in [0.2, 0.25) is 5.95 Å². The third-order valence-corrected chi connectivity index (χ3v) is 6.42. The molecule has 1 aromatic heterocycles. The Kier molecular flexibility index (Phi) is 7.24. The molecule has 0 fully saturated rings. The predicted octanol–water partition coefficient (Wildman–Crippen LogP) is 5.67. The number of hydrogen-bond acceptors (Lipinski definition) is 5. The van der Waals surface area contributed by atoms with Crippen LogP contribution in [0, 0.1) is 0 Å². The molecular formula is C29H31N5. The lowest BCUT2D eigenvalue weighted by atomic mass is 9.86. The number of hydrogen-bond donors (Lipinski definition) is 2. The Morgan fingerprint density at radius 1 is 0.794 bits per heavy atom. The fourth-order valence-electron chi connectivity index (χ4n) is 4.78. The highest BCUT2D eigenvalue weighted by Crippen LogP contribution is 2.35. The lowest BCUT2D eigenvalue weighted by Gasteiger charge is -2.36.